The lowest BCUT2D eigenvalue weighted by atomic mass is 10.1. The van der Waals surface area contributed by atoms with Crippen LogP contribution in [0.25, 0.3) is 0 Å². The quantitative estimate of drug-likeness (QED) is 0.662. The highest BCUT2D eigenvalue weighted by molar-refractivity contribution is 5.48. The van der Waals surface area contributed by atoms with Crippen LogP contribution in [0.1, 0.15) is 31.7 Å². The molecule has 0 bridgehead atoms. The molecular formula is C14H22N4O2. The van der Waals surface area contributed by atoms with Gasteiger partial charge in [-0.2, -0.15) is 0 Å². The maximum atomic E-state index is 10.7. The van der Waals surface area contributed by atoms with E-state index >= 15 is 0 Å². The monoisotopic (exact) mass is 278 g/mol. The molecular weight excluding hydrogens is 256 g/mol. The molecule has 1 saturated heterocycles. The number of piperidine rings is 1. The zero-order chi connectivity index (χ0) is 14.5. The zero-order valence-electron chi connectivity index (χ0n) is 12.1. The first-order valence-electron chi connectivity index (χ1n) is 7.17. The van der Waals surface area contributed by atoms with Crippen molar-refractivity contribution in [3.05, 3.63) is 27.9 Å². The Morgan fingerprint density at radius 1 is 1.45 bits per heavy atom. The smallest absolute Gasteiger partial charge is 0.287 e. The van der Waals surface area contributed by atoms with Crippen LogP contribution in [0, 0.1) is 17.0 Å². The second-order valence-corrected chi connectivity index (χ2v) is 5.44. The zero-order valence-corrected chi connectivity index (χ0v) is 12.1. The first-order valence-corrected chi connectivity index (χ1v) is 7.17. The Bertz CT molecular complexity index is 472. The maximum absolute atomic E-state index is 10.7. The fourth-order valence-electron chi connectivity index (χ4n) is 2.58. The first-order chi connectivity index (χ1) is 9.58. The van der Waals surface area contributed by atoms with Crippen molar-refractivity contribution in [1.29, 1.82) is 0 Å². The summed E-state index contributed by atoms with van der Waals surface area (Å²) in [5, 5.41) is 14.0. The fourth-order valence-corrected chi connectivity index (χ4v) is 2.58. The molecule has 20 heavy (non-hydrogen) atoms. The van der Waals surface area contributed by atoms with Crippen molar-refractivity contribution in [2.24, 2.45) is 0 Å². The van der Waals surface area contributed by atoms with Crippen molar-refractivity contribution in [3.63, 3.8) is 0 Å². The van der Waals surface area contributed by atoms with Gasteiger partial charge in [-0.3, -0.25) is 15.0 Å². The highest BCUT2D eigenvalue weighted by Gasteiger charge is 2.17. The summed E-state index contributed by atoms with van der Waals surface area (Å²) in [7, 11) is 0. The number of hydrogen-bond acceptors (Lipinski definition) is 5. The summed E-state index contributed by atoms with van der Waals surface area (Å²) >= 11 is 0. The van der Waals surface area contributed by atoms with Gasteiger partial charge in [0.05, 0.1) is 4.92 Å². The van der Waals surface area contributed by atoms with Crippen LogP contribution < -0.4 is 5.32 Å². The van der Waals surface area contributed by atoms with Crippen LogP contribution in [0.5, 0.6) is 0 Å². The van der Waals surface area contributed by atoms with E-state index in [1.807, 2.05) is 6.92 Å². The Hall–Kier alpha value is -1.69. The van der Waals surface area contributed by atoms with Crippen molar-refractivity contribution >= 4 is 11.5 Å². The van der Waals surface area contributed by atoms with E-state index in [2.05, 4.69) is 22.1 Å². The van der Waals surface area contributed by atoms with Crippen molar-refractivity contribution in [2.45, 2.75) is 39.2 Å². The molecule has 6 nitrogen and oxygen atoms in total. The van der Waals surface area contributed by atoms with Crippen molar-refractivity contribution in [2.75, 3.05) is 25.0 Å². The third-order valence-electron chi connectivity index (χ3n) is 3.85. The topological polar surface area (TPSA) is 71.3 Å². The van der Waals surface area contributed by atoms with Gasteiger partial charge in [-0.25, -0.2) is 4.98 Å². The van der Waals surface area contributed by atoms with Crippen LogP contribution in [-0.2, 0) is 0 Å². The summed E-state index contributed by atoms with van der Waals surface area (Å²) in [6.45, 7) is 7.18. The van der Waals surface area contributed by atoms with E-state index in [0.29, 0.717) is 6.04 Å². The van der Waals surface area contributed by atoms with Gasteiger partial charge in [-0.15, -0.1) is 0 Å². The molecule has 0 aliphatic carbocycles. The van der Waals surface area contributed by atoms with Crippen LogP contribution >= 0.6 is 0 Å². The Morgan fingerprint density at radius 2 is 2.15 bits per heavy atom. The summed E-state index contributed by atoms with van der Waals surface area (Å²) in [6.07, 6.45) is 5.19. The molecule has 0 amide bonds. The molecule has 0 radical (unpaired) electrons. The summed E-state index contributed by atoms with van der Waals surface area (Å²) in [5.74, 6) is 0.736. The average Bonchev–Trinajstić information content (AvgIpc) is 2.46. The lowest BCUT2D eigenvalue weighted by Crippen LogP contribution is -2.41. The summed E-state index contributed by atoms with van der Waals surface area (Å²) in [6, 6.07) is 2.01. The Kier molecular flexibility index (Phi) is 4.89. The molecule has 1 aromatic rings. The summed E-state index contributed by atoms with van der Waals surface area (Å²) in [4.78, 5) is 16.9. The molecule has 0 aromatic carbocycles. The average molecular weight is 278 g/mol. The molecule has 2 rings (SSSR count). The van der Waals surface area contributed by atoms with Crippen molar-refractivity contribution < 1.29 is 4.92 Å². The molecule has 1 aromatic heterocycles. The van der Waals surface area contributed by atoms with Gasteiger partial charge in [0.1, 0.15) is 12.0 Å². The van der Waals surface area contributed by atoms with Crippen LogP contribution in [-0.4, -0.2) is 40.5 Å². The molecule has 6 heteroatoms. The van der Waals surface area contributed by atoms with E-state index < -0.39 is 4.92 Å². The van der Waals surface area contributed by atoms with Crippen LogP contribution in [0.3, 0.4) is 0 Å². The van der Waals surface area contributed by atoms with E-state index in [4.69, 9.17) is 0 Å². The minimum absolute atomic E-state index is 0.0390. The number of nitro groups is 1. The Morgan fingerprint density at radius 3 is 2.75 bits per heavy atom. The number of nitrogens with zero attached hydrogens (tertiary/aromatic N) is 3. The Balaban J connectivity index is 1.91. The lowest BCUT2D eigenvalue weighted by molar-refractivity contribution is -0.385. The van der Waals surface area contributed by atoms with Crippen LogP contribution in [0.2, 0.25) is 0 Å². The van der Waals surface area contributed by atoms with E-state index in [1.54, 1.807) is 6.07 Å². The number of likely N-dealkylation sites (tertiary alicyclic amines) is 1. The normalized spacial score (nSPS) is 17.7. The molecule has 1 atom stereocenters. The van der Waals surface area contributed by atoms with Gasteiger partial charge in [-0.1, -0.05) is 6.42 Å². The minimum atomic E-state index is -0.417. The van der Waals surface area contributed by atoms with Crippen molar-refractivity contribution in [3.8, 4) is 0 Å². The molecule has 1 aliphatic heterocycles. The van der Waals surface area contributed by atoms with Gasteiger partial charge in [0.25, 0.3) is 5.69 Å². The standard InChI is InChI=1S/C14H22N4O2/c1-11-8-13(18(19)20)10-16-14(11)15-9-12(2)17-6-4-3-5-7-17/h8,10,12H,3-7,9H2,1-2H3,(H,15,16). The van der Waals surface area contributed by atoms with Gasteiger partial charge in [0.15, 0.2) is 0 Å². The van der Waals surface area contributed by atoms with E-state index in [9.17, 15) is 10.1 Å². The molecule has 1 aliphatic rings. The summed E-state index contributed by atoms with van der Waals surface area (Å²) < 4.78 is 0. The molecule has 1 unspecified atom stereocenters. The van der Waals surface area contributed by atoms with Gasteiger partial charge < -0.3 is 5.32 Å². The van der Waals surface area contributed by atoms with Gasteiger partial charge in [-0.05, 0) is 45.3 Å². The molecule has 0 spiro atoms. The van der Waals surface area contributed by atoms with Crippen LogP contribution in [0.15, 0.2) is 12.3 Å². The Labute approximate surface area is 119 Å². The predicted molar refractivity (Wildman–Crippen MR) is 79.0 cm³/mol. The highest BCUT2D eigenvalue weighted by Crippen LogP contribution is 2.18. The third-order valence-corrected chi connectivity index (χ3v) is 3.85. The number of rotatable bonds is 5. The van der Waals surface area contributed by atoms with E-state index in [1.165, 1.54) is 25.5 Å². The maximum Gasteiger partial charge on any atom is 0.287 e. The highest BCUT2D eigenvalue weighted by atomic mass is 16.6. The number of aryl methyl sites for hydroxylation is 1. The largest absolute Gasteiger partial charge is 0.368 e. The van der Waals surface area contributed by atoms with Gasteiger partial charge in [0, 0.05) is 18.7 Å². The number of anilines is 1. The lowest BCUT2D eigenvalue weighted by Gasteiger charge is -2.32. The number of hydrogen-bond donors (Lipinski definition) is 1. The van der Waals surface area contributed by atoms with Crippen LogP contribution in [0.4, 0.5) is 11.5 Å². The van der Waals surface area contributed by atoms with E-state index in [0.717, 1.165) is 31.0 Å². The SMILES string of the molecule is Cc1cc([N+](=O)[O-])cnc1NCC(C)N1CCCCC1. The van der Waals surface area contributed by atoms with Crippen molar-refractivity contribution in [1.82, 2.24) is 9.88 Å². The summed E-state index contributed by atoms with van der Waals surface area (Å²) in [5.41, 5.74) is 0.849. The van der Waals surface area contributed by atoms with Gasteiger partial charge >= 0.3 is 0 Å². The number of aromatic nitrogens is 1. The second-order valence-electron chi connectivity index (χ2n) is 5.44. The second kappa shape index (κ2) is 6.65. The third kappa shape index (κ3) is 3.66. The molecule has 0 saturated carbocycles. The predicted octanol–water partition coefficient (Wildman–Crippen LogP) is 2.58. The number of nitrogens with one attached hydrogen (secondary N) is 1. The van der Waals surface area contributed by atoms with E-state index in [-0.39, 0.29) is 5.69 Å². The first kappa shape index (κ1) is 14.7. The minimum Gasteiger partial charge on any atom is -0.368 e. The van der Waals surface area contributed by atoms with Gasteiger partial charge in [0.2, 0.25) is 0 Å². The molecule has 1 fully saturated rings. The molecule has 2 heterocycles. The molecule has 110 valence electrons. The molecule has 1 N–H and O–H groups in total. The number of pyridine rings is 1. The fraction of sp³-hybridized carbons (Fsp3) is 0.643.